The Morgan fingerprint density at radius 1 is 1.12 bits per heavy atom. The van der Waals surface area contributed by atoms with Crippen molar-refractivity contribution in [2.24, 2.45) is 14.1 Å². The first-order valence-electron chi connectivity index (χ1n) is 8.56. The van der Waals surface area contributed by atoms with Gasteiger partial charge in [-0.15, -0.1) is 0 Å². The average Bonchev–Trinajstić information content (AvgIpc) is 2.66. The van der Waals surface area contributed by atoms with Crippen LogP contribution in [0.3, 0.4) is 0 Å². The third-order valence-electron chi connectivity index (χ3n) is 4.09. The fourth-order valence-corrected chi connectivity index (χ4v) is 2.46. The Balaban J connectivity index is 2.29. The molecule has 6 nitrogen and oxygen atoms in total. The molecule has 0 saturated heterocycles. The van der Waals surface area contributed by atoms with Gasteiger partial charge in [0.05, 0.1) is 6.54 Å². The minimum Gasteiger partial charge on any atom is -0.326 e. The van der Waals surface area contributed by atoms with Crippen molar-refractivity contribution < 1.29 is 4.79 Å². The van der Waals surface area contributed by atoms with Crippen molar-refractivity contribution in [1.29, 1.82) is 0 Å². The first-order valence-corrected chi connectivity index (χ1v) is 8.56. The topological polar surface area (TPSA) is 64.3 Å². The number of unbranched alkanes of at least 4 members (excludes halogenated alkanes) is 1. The van der Waals surface area contributed by atoms with Crippen LogP contribution in [0.1, 0.15) is 35.8 Å². The van der Waals surface area contributed by atoms with Gasteiger partial charge in [-0.1, -0.05) is 43.4 Å². The molecule has 0 saturated carbocycles. The van der Waals surface area contributed by atoms with Crippen molar-refractivity contribution in [3.05, 3.63) is 68.5 Å². The van der Waals surface area contributed by atoms with E-state index in [9.17, 15) is 14.4 Å². The van der Waals surface area contributed by atoms with Crippen molar-refractivity contribution in [1.82, 2.24) is 14.0 Å². The number of hydrogen-bond donors (Lipinski definition) is 0. The molecule has 1 aromatic carbocycles. The molecule has 0 aliphatic rings. The molecule has 0 N–H and O–H groups in total. The molecule has 0 atom stereocenters. The number of benzene rings is 1. The molecule has 0 aliphatic carbocycles. The summed E-state index contributed by atoms with van der Waals surface area (Å²) >= 11 is 0. The average molecular weight is 353 g/mol. The summed E-state index contributed by atoms with van der Waals surface area (Å²) in [4.78, 5) is 38.4. The zero-order chi connectivity index (χ0) is 19.1. The number of carbonyl (C=O) groups is 1. The standard InChI is InChI=1S/C20H23N3O3/c1-4-5-13-23(14-9-12-16-10-7-6-8-11-16)19(25)17-15-18(24)22(3)20(26)21(17)2/h6-8,10-11,15H,4-5,13-14H2,1-3H3. The van der Waals surface area contributed by atoms with E-state index in [1.807, 2.05) is 37.3 Å². The molecule has 136 valence electrons. The van der Waals surface area contributed by atoms with Crippen LogP contribution < -0.4 is 11.2 Å². The lowest BCUT2D eigenvalue weighted by atomic mass is 10.2. The zero-order valence-corrected chi connectivity index (χ0v) is 15.4. The summed E-state index contributed by atoms with van der Waals surface area (Å²) in [5.41, 5.74) is -0.0685. The maximum absolute atomic E-state index is 12.9. The highest BCUT2D eigenvalue weighted by molar-refractivity contribution is 5.92. The molecule has 2 aromatic rings. The quantitative estimate of drug-likeness (QED) is 0.763. The van der Waals surface area contributed by atoms with E-state index >= 15 is 0 Å². The summed E-state index contributed by atoms with van der Waals surface area (Å²) < 4.78 is 2.18. The predicted octanol–water partition coefficient (Wildman–Crippen LogP) is 1.38. The lowest BCUT2D eigenvalue weighted by Gasteiger charge is -2.21. The fraction of sp³-hybridized carbons (Fsp3) is 0.350. The van der Waals surface area contributed by atoms with Crippen LogP contribution in [-0.4, -0.2) is 33.0 Å². The summed E-state index contributed by atoms with van der Waals surface area (Å²) in [6.45, 7) is 2.78. The van der Waals surface area contributed by atoms with Gasteiger partial charge in [0, 0.05) is 32.3 Å². The molecule has 0 spiro atoms. The van der Waals surface area contributed by atoms with Gasteiger partial charge in [-0.05, 0) is 18.6 Å². The molecule has 0 bridgehead atoms. The summed E-state index contributed by atoms with van der Waals surface area (Å²) in [7, 11) is 2.88. The van der Waals surface area contributed by atoms with E-state index < -0.39 is 11.2 Å². The Morgan fingerprint density at radius 2 is 1.81 bits per heavy atom. The van der Waals surface area contributed by atoms with Crippen LogP contribution in [0.5, 0.6) is 0 Å². The number of amides is 1. The highest BCUT2D eigenvalue weighted by atomic mass is 16.2. The van der Waals surface area contributed by atoms with E-state index in [-0.39, 0.29) is 18.1 Å². The van der Waals surface area contributed by atoms with Crippen LogP contribution in [0.15, 0.2) is 46.0 Å². The van der Waals surface area contributed by atoms with Gasteiger partial charge in [0.2, 0.25) is 0 Å². The molecular weight excluding hydrogens is 330 g/mol. The van der Waals surface area contributed by atoms with Crippen LogP contribution in [0.25, 0.3) is 0 Å². The molecule has 0 fully saturated rings. The number of hydrogen-bond acceptors (Lipinski definition) is 3. The predicted molar refractivity (Wildman–Crippen MR) is 101 cm³/mol. The van der Waals surface area contributed by atoms with Gasteiger partial charge < -0.3 is 4.90 Å². The van der Waals surface area contributed by atoms with E-state index in [0.29, 0.717) is 6.54 Å². The zero-order valence-electron chi connectivity index (χ0n) is 15.4. The SMILES string of the molecule is CCCCN(CC#Cc1ccccc1)C(=O)c1cc(=O)n(C)c(=O)n1C. The second kappa shape index (κ2) is 8.86. The highest BCUT2D eigenvalue weighted by Gasteiger charge is 2.19. The molecule has 0 aliphatic heterocycles. The molecule has 0 radical (unpaired) electrons. The minimum absolute atomic E-state index is 0.0794. The monoisotopic (exact) mass is 353 g/mol. The maximum atomic E-state index is 12.9. The Labute approximate surface area is 152 Å². The van der Waals surface area contributed by atoms with Crippen molar-refractivity contribution in [2.75, 3.05) is 13.1 Å². The van der Waals surface area contributed by atoms with E-state index in [4.69, 9.17) is 0 Å². The number of carbonyl (C=O) groups excluding carboxylic acids is 1. The maximum Gasteiger partial charge on any atom is 0.331 e. The van der Waals surface area contributed by atoms with Gasteiger partial charge in [0.1, 0.15) is 5.69 Å². The van der Waals surface area contributed by atoms with Gasteiger partial charge in [-0.25, -0.2) is 4.79 Å². The molecule has 1 amide bonds. The molecular formula is C20H23N3O3. The molecule has 6 heteroatoms. The molecule has 1 aromatic heterocycles. The first kappa shape index (κ1) is 19.3. The van der Waals surface area contributed by atoms with Crippen LogP contribution in [-0.2, 0) is 14.1 Å². The lowest BCUT2D eigenvalue weighted by Crippen LogP contribution is -2.42. The van der Waals surface area contributed by atoms with Crippen molar-refractivity contribution in [3.8, 4) is 11.8 Å². The Kier molecular flexibility index (Phi) is 6.56. The summed E-state index contributed by atoms with van der Waals surface area (Å²) in [6, 6.07) is 10.7. The largest absolute Gasteiger partial charge is 0.331 e. The van der Waals surface area contributed by atoms with E-state index in [1.54, 1.807) is 4.90 Å². The fourth-order valence-electron chi connectivity index (χ4n) is 2.46. The van der Waals surface area contributed by atoms with E-state index in [2.05, 4.69) is 11.8 Å². The first-order chi connectivity index (χ1) is 12.5. The van der Waals surface area contributed by atoms with Crippen LogP contribution in [0.2, 0.25) is 0 Å². The van der Waals surface area contributed by atoms with Crippen LogP contribution in [0, 0.1) is 11.8 Å². The minimum atomic E-state index is -0.522. The lowest BCUT2D eigenvalue weighted by molar-refractivity contribution is 0.0763. The Bertz CT molecular complexity index is 946. The highest BCUT2D eigenvalue weighted by Crippen LogP contribution is 2.03. The molecule has 26 heavy (non-hydrogen) atoms. The number of rotatable bonds is 5. The second-order valence-corrected chi connectivity index (χ2v) is 6.02. The van der Waals surface area contributed by atoms with Crippen LogP contribution >= 0.6 is 0 Å². The van der Waals surface area contributed by atoms with Crippen molar-refractivity contribution in [3.63, 3.8) is 0 Å². The summed E-state index contributed by atoms with van der Waals surface area (Å²) in [6.07, 6.45) is 1.74. The number of nitrogens with zero attached hydrogens (tertiary/aromatic N) is 3. The van der Waals surface area contributed by atoms with Crippen LogP contribution in [0.4, 0.5) is 0 Å². The molecule has 0 unspecified atom stereocenters. The summed E-state index contributed by atoms with van der Waals surface area (Å²) in [5, 5.41) is 0. The second-order valence-electron chi connectivity index (χ2n) is 6.02. The summed E-state index contributed by atoms with van der Waals surface area (Å²) in [5.74, 6) is 5.67. The third kappa shape index (κ3) is 4.51. The normalized spacial score (nSPS) is 10.1. The third-order valence-corrected chi connectivity index (χ3v) is 4.09. The van der Waals surface area contributed by atoms with Gasteiger partial charge in [-0.3, -0.25) is 18.7 Å². The van der Waals surface area contributed by atoms with Gasteiger partial charge in [0.15, 0.2) is 0 Å². The number of aromatic nitrogens is 2. The van der Waals surface area contributed by atoms with Gasteiger partial charge >= 0.3 is 5.69 Å². The van der Waals surface area contributed by atoms with Gasteiger partial charge in [0.25, 0.3) is 11.5 Å². The molecule has 2 rings (SSSR count). The van der Waals surface area contributed by atoms with Crippen molar-refractivity contribution in [2.45, 2.75) is 19.8 Å². The van der Waals surface area contributed by atoms with E-state index in [0.717, 1.165) is 23.0 Å². The molecule has 1 heterocycles. The Hall–Kier alpha value is -3.07. The van der Waals surface area contributed by atoms with Gasteiger partial charge in [-0.2, -0.15) is 0 Å². The van der Waals surface area contributed by atoms with Crippen molar-refractivity contribution >= 4 is 5.91 Å². The smallest absolute Gasteiger partial charge is 0.326 e. The van der Waals surface area contributed by atoms with E-state index in [1.165, 1.54) is 24.7 Å². The Morgan fingerprint density at radius 3 is 2.46 bits per heavy atom.